The van der Waals surface area contributed by atoms with Crippen molar-refractivity contribution >= 4 is 15.9 Å². The first-order chi connectivity index (χ1) is 3.35. The van der Waals surface area contributed by atoms with Gasteiger partial charge in [0.1, 0.15) is 0 Å². The van der Waals surface area contributed by atoms with Gasteiger partial charge in [0.25, 0.3) is 0 Å². The van der Waals surface area contributed by atoms with Crippen LogP contribution in [0.1, 0.15) is 13.3 Å². The Hall–Kier alpha value is 0.440. The summed E-state index contributed by atoms with van der Waals surface area (Å²) in [5, 5.41) is 4.21. The Balaban J connectivity index is 2.99. The van der Waals surface area contributed by atoms with Gasteiger partial charge in [-0.25, -0.2) is 0 Å². The van der Waals surface area contributed by atoms with E-state index in [9.17, 15) is 0 Å². The van der Waals surface area contributed by atoms with Gasteiger partial charge in [0.2, 0.25) is 0 Å². The Kier molecular flexibility index (Phi) is 4.88. The van der Waals surface area contributed by atoms with Gasteiger partial charge < -0.3 is 5.32 Å². The summed E-state index contributed by atoms with van der Waals surface area (Å²) in [5.74, 6) is 0. The maximum Gasteiger partial charge on any atom is 0.0185 e. The monoisotopic (exact) mass is 165 g/mol. The maximum absolute atomic E-state index is 3.37. The van der Waals surface area contributed by atoms with Crippen molar-refractivity contribution < 1.29 is 0 Å². The molecule has 0 rings (SSSR count). The van der Waals surface area contributed by atoms with Gasteiger partial charge in [0, 0.05) is 11.4 Å². The molecule has 0 aromatic carbocycles. The molecule has 0 saturated heterocycles. The highest BCUT2D eigenvalue weighted by atomic mass is 79.9. The van der Waals surface area contributed by atoms with Crippen LogP contribution in [0.25, 0.3) is 0 Å². The van der Waals surface area contributed by atoms with Crippen molar-refractivity contribution in [3.63, 3.8) is 0 Å². The fourth-order valence-corrected chi connectivity index (χ4v) is 1.17. The highest BCUT2D eigenvalue weighted by molar-refractivity contribution is 9.09. The first-order valence-corrected chi connectivity index (χ1v) is 3.70. The molecule has 0 aliphatic heterocycles. The molecule has 1 unspecified atom stereocenters. The van der Waals surface area contributed by atoms with Gasteiger partial charge in [-0.15, -0.1) is 0 Å². The third-order valence-corrected chi connectivity index (χ3v) is 1.87. The Morgan fingerprint density at radius 3 is 2.29 bits per heavy atom. The van der Waals surface area contributed by atoms with E-state index in [-0.39, 0.29) is 0 Å². The summed E-state index contributed by atoms with van der Waals surface area (Å²) in [5.41, 5.74) is 0. The molecule has 0 aliphatic carbocycles. The smallest absolute Gasteiger partial charge is 0.0185 e. The topological polar surface area (TPSA) is 12.0 Å². The molecule has 1 atom stereocenters. The Morgan fingerprint density at radius 2 is 2.29 bits per heavy atom. The number of rotatable bonds is 3. The third kappa shape index (κ3) is 3.06. The minimum absolute atomic E-state index is 0.653. The lowest BCUT2D eigenvalue weighted by atomic mass is 10.3. The van der Waals surface area contributed by atoms with Gasteiger partial charge in [-0.3, -0.25) is 0 Å². The van der Waals surface area contributed by atoms with Crippen molar-refractivity contribution in [1.29, 1.82) is 0 Å². The van der Waals surface area contributed by atoms with E-state index in [2.05, 4.69) is 28.2 Å². The summed E-state index contributed by atoms with van der Waals surface area (Å²) in [7, 11) is 1.98. The molecule has 0 saturated carbocycles. The Labute approximate surface area is 53.6 Å². The fourth-order valence-electron chi connectivity index (χ4n) is 0.390. The summed E-state index contributed by atoms with van der Waals surface area (Å²) in [6, 6.07) is 0.653. The SMILES string of the molecule is CCC(CBr)NC. The molecule has 0 amide bonds. The summed E-state index contributed by atoms with van der Waals surface area (Å²) in [6.45, 7) is 2.17. The minimum Gasteiger partial charge on any atom is -0.316 e. The lowest BCUT2D eigenvalue weighted by Crippen LogP contribution is -2.25. The molecule has 1 N–H and O–H groups in total. The van der Waals surface area contributed by atoms with E-state index in [1.54, 1.807) is 0 Å². The first kappa shape index (κ1) is 7.44. The molecule has 0 heterocycles. The average Bonchev–Trinajstić information content (AvgIpc) is 1.72. The van der Waals surface area contributed by atoms with E-state index in [1.807, 2.05) is 7.05 Å². The van der Waals surface area contributed by atoms with Crippen molar-refractivity contribution in [2.75, 3.05) is 12.4 Å². The zero-order valence-electron chi connectivity index (χ0n) is 4.87. The van der Waals surface area contributed by atoms with E-state index in [0.717, 1.165) is 5.33 Å². The van der Waals surface area contributed by atoms with Gasteiger partial charge in [0.15, 0.2) is 0 Å². The molecule has 0 aromatic rings. The highest BCUT2D eigenvalue weighted by Gasteiger charge is 1.95. The predicted molar refractivity (Wildman–Crippen MR) is 36.9 cm³/mol. The van der Waals surface area contributed by atoms with E-state index in [0.29, 0.717) is 6.04 Å². The summed E-state index contributed by atoms with van der Waals surface area (Å²) in [6.07, 6.45) is 1.20. The quantitative estimate of drug-likeness (QED) is 0.624. The van der Waals surface area contributed by atoms with Crippen LogP contribution in [0.4, 0.5) is 0 Å². The minimum atomic E-state index is 0.653. The maximum atomic E-state index is 3.37. The Bertz CT molecular complexity index is 29.6. The number of alkyl halides is 1. The molecule has 1 nitrogen and oxygen atoms in total. The molecule has 2 heteroatoms. The van der Waals surface area contributed by atoms with Crippen LogP contribution in [0.3, 0.4) is 0 Å². The van der Waals surface area contributed by atoms with Crippen LogP contribution in [0.5, 0.6) is 0 Å². The predicted octanol–water partition coefficient (Wildman–Crippen LogP) is 1.38. The van der Waals surface area contributed by atoms with Crippen LogP contribution in [0, 0.1) is 0 Å². The van der Waals surface area contributed by atoms with Crippen LogP contribution in [-0.4, -0.2) is 18.4 Å². The molecule has 0 fully saturated rings. The van der Waals surface area contributed by atoms with Crippen LogP contribution >= 0.6 is 15.9 Å². The molecular weight excluding hydrogens is 154 g/mol. The van der Waals surface area contributed by atoms with E-state index in [1.165, 1.54) is 6.42 Å². The second-order valence-corrected chi connectivity index (χ2v) is 2.20. The molecule has 0 radical (unpaired) electrons. The molecule has 0 spiro atoms. The summed E-state index contributed by atoms with van der Waals surface area (Å²) < 4.78 is 0. The second kappa shape index (κ2) is 4.60. The summed E-state index contributed by atoms with van der Waals surface area (Å²) >= 11 is 3.37. The Morgan fingerprint density at radius 1 is 1.71 bits per heavy atom. The van der Waals surface area contributed by atoms with Crippen molar-refractivity contribution in [1.82, 2.24) is 5.32 Å². The van der Waals surface area contributed by atoms with Crippen LogP contribution in [0.15, 0.2) is 0 Å². The molecule has 44 valence electrons. The van der Waals surface area contributed by atoms with Gasteiger partial charge in [0.05, 0.1) is 0 Å². The van der Waals surface area contributed by atoms with Crippen molar-refractivity contribution in [3.05, 3.63) is 0 Å². The average molecular weight is 166 g/mol. The molecule has 0 bridgehead atoms. The van der Waals surface area contributed by atoms with Crippen molar-refractivity contribution in [2.45, 2.75) is 19.4 Å². The third-order valence-electron chi connectivity index (χ3n) is 1.09. The van der Waals surface area contributed by atoms with Crippen LogP contribution in [0.2, 0.25) is 0 Å². The highest BCUT2D eigenvalue weighted by Crippen LogP contribution is 1.92. The lowest BCUT2D eigenvalue weighted by molar-refractivity contribution is 0.605. The summed E-state index contributed by atoms with van der Waals surface area (Å²) in [4.78, 5) is 0. The first-order valence-electron chi connectivity index (χ1n) is 2.58. The molecule has 0 aromatic heterocycles. The number of nitrogens with one attached hydrogen (secondary N) is 1. The standard InChI is InChI=1S/C5H12BrN/c1-3-5(4-6)7-2/h5,7H,3-4H2,1-2H3. The zero-order valence-corrected chi connectivity index (χ0v) is 6.46. The van der Waals surface area contributed by atoms with Crippen molar-refractivity contribution in [2.24, 2.45) is 0 Å². The van der Waals surface area contributed by atoms with Crippen LogP contribution < -0.4 is 5.32 Å². The zero-order chi connectivity index (χ0) is 5.70. The largest absolute Gasteiger partial charge is 0.316 e. The normalized spacial score (nSPS) is 14.1. The molecular formula is C5H12BrN. The van der Waals surface area contributed by atoms with E-state index >= 15 is 0 Å². The van der Waals surface area contributed by atoms with Gasteiger partial charge in [-0.1, -0.05) is 22.9 Å². The van der Waals surface area contributed by atoms with Gasteiger partial charge >= 0.3 is 0 Å². The molecule has 7 heavy (non-hydrogen) atoms. The number of hydrogen-bond donors (Lipinski definition) is 1. The van der Waals surface area contributed by atoms with Crippen LogP contribution in [-0.2, 0) is 0 Å². The van der Waals surface area contributed by atoms with Gasteiger partial charge in [-0.2, -0.15) is 0 Å². The number of hydrogen-bond acceptors (Lipinski definition) is 1. The van der Waals surface area contributed by atoms with Crippen molar-refractivity contribution in [3.8, 4) is 0 Å². The van der Waals surface area contributed by atoms with E-state index < -0.39 is 0 Å². The lowest BCUT2D eigenvalue weighted by Gasteiger charge is -2.06. The fraction of sp³-hybridized carbons (Fsp3) is 1.00. The van der Waals surface area contributed by atoms with Gasteiger partial charge in [-0.05, 0) is 13.5 Å². The molecule has 0 aliphatic rings. The van der Waals surface area contributed by atoms with E-state index in [4.69, 9.17) is 0 Å². The number of halogens is 1. The second-order valence-electron chi connectivity index (χ2n) is 1.55.